The molecule has 4 rings (SSSR count). The van der Waals surface area contributed by atoms with Gasteiger partial charge in [0.1, 0.15) is 0 Å². The summed E-state index contributed by atoms with van der Waals surface area (Å²) in [4.78, 5) is 21.6. The van der Waals surface area contributed by atoms with E-state index in [4.69, 9.17) is 21.3 Å². The van der Waals surface area contributed by atoms with Crippen LogP contribution in [-0.4, -0.2) is 18.9 Å². The fourth-order valence-corrected chi connectivity index (χ4v) is 3.62. The summed E-state index contributed by atoms with van der Waals surface area (Å²) in [7, 11) is 0. The average Bonchev–Trinajstić information content (AvgIpc) is 3.35. The normalized spacial score (nSPS) is 11.2. The van der Waals surface area contributed by atoms with E-state index in [1.165, 1.54) is 17.4 Å². The largest absolute Gasteiger partial charge is 0.413 e. The first-order chi connectivity index (χ1) is 13.7. The maximum atomic E-state index is 12.7. The van der Waals surface area contributed by atoms with Crippen molar-refractivity contribution in [1.82, 2.24) is 18.9 Å². The number of ether oxygens (including phenoxy) is 1. The van der Waals surface area contributed by atoms with Crippen molar-refractivity contribution in [1.29, 1.82) is 0 Å². The molecule has 3 aromatic heterocycles. The van der Waals surface area contributed by atoms with Crippen LogP contribution in [0.5, 0.6) is 11.1 Å². The summed E-state index contributed by atoms with van der Waals surface area (Å²) in [6.45, 7) is 2.86. The molecular weight excluding hydrogens is 396 g/mol. The third kappa shape index (κ3) is 3.81. The summed E-state index contributed by atoms with van der Waals surface area (Å²) in [5.41, 5.74) is 1.42. The van der Waals surface area contributed by atoms with Gasteiger partial charge in [0.05, 0.1) is 11.8 Å². The minimum absolute atomic E-state index is 0.194. The van der Waals surface area contributed by atoms with E-state index in [0.29, 0.717) is 34.1 Å². The summed E-state index contributed by atoms with van der Waals surface area (Å²) >= 11 is 7.37. The first kappa shape index (κ1) is 18.7. The van der Waals surface area contributed by atoms with Gasteiger partial charge in [-0.3, -0.25) is 13.8 Å². The average molecular weight is 415 g/mol. The first-order valence-electron chi connectivity index (χ1n) is 9.12. The molecule has 0 unspecified atom stereocenters. The molecule has 3 heterocycles. The lowest BCUT2D eigenvalue weighted by atomic mass is 10.2. The number of aryl methyl sites for hydroxylation is 1. The Balaban J connectivity index is 1.83. The van der Waals surface area contributed by atoms with Gasteiger partial charge >= 0.3 is 0 Å². The number of unbranched alkanes of at least 4 members (excludes halogenated alkanes) is 2. The Bertz CT molecular complexity index is 1130. The molecule has 0 saturated carbocycles. The predicted octanol–water partition coefficient (Wildman–Crippen LogP) is 5.26. The predicted molar refractivity (Wildman–Crippen MR) is 112 cm³/mol. The Hall–Kier alpha value is -2.64. The van der Waals surface area contributed by atoms with Crippen LogP contribution in [-0.2, 0) is 6.54 Å². The number of aromatic nitrogens is 4. The topological polar surface area (TPSA) is 61.4 Å². The van der Waals surface area contributed by atoms with E-state index < -0.39 is 0 Å². The number of fused-ring (bicyclic) bond motifs is 1. The summed E-state index contributed by atoms with van der Waals surface area (Å²) < 4.78 is 9.40. The lowest BCUT2D eigenvalue weighted by Gasteiger charge is -2.13. The van der Waals surface area contributed by atoms with Gasteiger partial charge in [-0.1, -0.05) is 54.8 Å². The molecule has 28 heavy (non-hydrogen) atoms. The van der Waals surface area contributed by atoms with E-state index in [1.54, 1.807) is 16.8 Å². The minimum atomic E-state index is -0.194. The third-order valence-electron chi connectivity index (χ3n) is 4.41. The lowest BCUT2D eigenvalue weighted by Crippen LogP contribution is -2.18. The van der Waals surface area contributed by atoms with Gasteiger partial charge in [0.25, 0.3) is 10.8 Å². The maximum Gasteiger partial charge on any atom is 0.279 e. The van der Waals surface area contributed by atoms with E-state index in [-0.39, 0.29) is 5.56 Å². The number of benzene rings is 1. The highest BCUT2D eigenvalue weighted by Crippen LogP contribution is 2.26. The van der Waals surface area contributed by atoms with Crippen LogP contribution in [0, 0.1) is 0 Å². The number of hydrogen-bond donors (Lipinski definition) is 0. The van der Waals surface area contributed by atoms with Crippen molar-refractivity contribution in [3.63, 3.8) is 0 Å². The molecule has 0 radical (unpaired) electrons. The Morgan fingerprint density at radius 2 is 2.04 bits per heavy atom. The number of thiazole rings is 1. The van der Waals surface area contributed by atoms with Crippen LogP contribution in [0.25, 0.3) is 17.0 Å². The van der Waals surface area contributed by atoms with Crippen molar-refractivity contribution in [3.8, 4) is 22.3 Å². The zero-order valence-electron chi connectivity index (χ0n) is 15.3. The Morgan fingerprint density at radius 3 is 2.75 bits per heavy atom. The molecule has 0 aliphatic rings. The van der Waals surface area contributed by atoms with Gasteiger partial charge in [0.2, 0.25) is 11.7 Å². The van der Waals surface area contributed by atoms with E-state index in [1.807, 2.05) is 34.2 Å². The van der Waals surface area contributed by atoms with Crippen LogP contribution in [0.3, 0.4) is 0 Å². The molecular formula is C20H19ClN4O2S. The second-order valence-corrected chi connectivity index (χ2v) is 7.68. The molecule has 8 heteroatoms. The van der Waals surface area contributed by atoms with Crippen LogP contribution >= 0.6 is 22.9 Å². The molecule has 0 fully saturated rings. The van der Waals surface area contributed by atoms with Crippen molar-refractivity contribution in [2.45, 2.75) is 32.7 Å². The maximum absolute atomic E-state index is 12.7. The lowest BCUT2D eigenvalue weighted by molar-refractivity contribution is 0.415. The van der Waals surface area contributed by atoms with Crippen molar-refractivity contribution in [2.24, 2.45) is 0 Å². The van der Waals surface area contributed by atoms with Crippen LogP contribution in [0.15, 0.2) is 52.9 Å². The fourth-order valence-electron chi connectivity index (χ4n) is 3.00. The first-order valence-corrected chi connectivity index (χ1v) is 10.4. The van der Waals surface area contributed by atoms with Gasteiger partial charge in [0.15, 0.2) is 0 Å². The van der Waals surface area contributed by atoms with E-state index in [0.717, 1.165) is 24.8 Å². The highest BCUT2D eigenvalue weighted by Gasteiger charge is 2.15. The molecule has 0 saturated heterocycles. The van der Waals surface area contributed by atoms with E-state index in [9.17, 15) is 4.79 Å². The molecule has 0 atom stereocenters. The molecule has 6 nitrogen and oxygen atoms in total. The van der Waals surface area contributed by atoms with E-state index in [2.05, 4.69) is 11.9 Å². The van der Waals surface area contributed by atoms with Crippen molar-refractivity contribution in [3.05, 3.63) is 63.5 Å². The molecule has 0 aliphatic heterocycles. The summed E-state index contributed by atoms with van der Waals surface area (Å²) in [5, 5.41) is 2.99. The van der Waals surface area contributed by atoms with Gasteiger partial charge < -0.3 is 4.74 Å². The van der Waals surface area contributed by atoms with Crippen molar-refractivity contribution in [2.75, 3.05) is 0 Å². The Morgan fingerprint density at radius 1 is 1.21 bits per heavy atom. The smallest absolute Gasteiger partial charge is 0.279 e. The monoisotopic (exact) mass is 414 g/mol. The van der Waals surface area contributed by atoms with Crippen LogP contribution in [0.1, 0.15) is 26.2 Å². The van der Waals surface area contributed by atoms with Crippen molar-refractivity contribution >= 4 is 28.7 Å². The van der Waals surface area contributed by atoms with Crippen LogP contribution in [0.4, 0.5) is 0 Å². The molecule has 4 aromatic rings. The standard InChI is InChI=1S/C20H19ClN4O2S/c1-2-3-4-10-24-18(27-20-22-9-11-28-20)12-17(26)25-13-16(23-19(24)25)14-5-7-15(21)8-6-14/h5-9,11-13H,2-4,10H2,1H3. The number of hydrogen-bond acceptors (Lipinski definition) is 5. The second-order valence-electron chi connectivity index (χ2n) is 6.38. The van der Waals surface area contributed by atoms with Gasteiger partial charge in [-0.05, 0) is 18.6 Å². The number of nitrogens with zero attached hydrogens (tertiary/aromatic N) is 4. The molecule has 0 N–H and O–H groups in total. The second kappa shape index (κ2) is 8.16. The summed E-state index contributed by atoms with van der Waals surface area (Å²) in [6, 6.07) is 8.90. The van der Waals surface area contributed by atoms with Crippen molar-refractivity contribution < 1.29 is 4.74 Å². The molecule has 144 valence electrons. The zero-order chi connectivity index (χ0) is 19.5. The number of rotatable bonds is 7. The minimum Gasteiger partial charge on any atom is -0.413 e. The fraction of sp³-hybridized carbons (Fsp3) is 0.250. The van der Waals surface area contributed by atoms with Gasteiger partial charge in [-0.15, -0.1) is 0 Å². The third-order valence-corrected chi connectivity index (χ3v) is 5.31. The quantitative estimate of drug-likeness (QED) is 0.387. The summed E-state index contributed by atoms with van der Waals surface area (Å²) in [5.74, 6) is 1.01. The Kier molecular flexibility index (Phi) is 5.45. The van der Waals surface area contributed by atoms with E-state index >= 15 is 0 Å². The van der Waals surface area contributed by atoms with Gasteiger partial charge in [0, 0.05) is 34.9 Å². The SMILES string of the molecule is CCCCCn1c(Oc2nccs2)cc(=O)n2cc(-c3ccc(Cl)cc3)nc12. The van der Waals surface area contributed by atoms with Crippen LogP contribution in [0.2, 0.25) is 5.02 Å². The number of imidazole rings is 1. The summed E-state index contributed by atoms with van der Waals surface area (Å²) in [6.07, 6.45) is 6.58. The zero-order valence-corrected chi connectivity index (χ0v) is 16.9. The number of halogens is 1. The highest BCUT2D eigenvalue weighted by molar-refractivity contribution is 7.11. The van der Waals surface area contributed by atoms with Crippen LogP contribution < -0.4 is 10.3 Å². The Labute approximate surface area is 171 Å². The molecule has 0 amide bonds. The molecule has 0 aliphatic carbocycles. The molecule has 0 spiro atoms. The van der Waals surface area contributed by atoms with Gasteiger partial charge in [-0.2, -0.15) is 0 Å². The molecule has 1 aromatic carbocycles. The van der Waals surface area contributed by atoms with Gasteiger partial charge in [-0.25, -0.2) is 9.97 Å². The highest BCUT2D eigenvalue weighted by atomic mass is 35.5. The molecule has 0 bridgehead atoms.